The molecule has 0 unspecified atom stereocenters. The summed E-state index contributed by atoms with van der Waals surface area (Å²) in [6.07, 6.45) is 11.1. The summed E-state index contributed by atoms with van der Waals surface area (Å²) in [4.78, 5) is 74.2. The van der Waals surface area contributed by atoms with Crippen molar-refractivity contribution in [3.05, 3.63) is 107 Å². The lowest BCUT2D eigenvalue weighted by molar-refractivity contribution is -0.154. The zero-order chi connectivity index (χ0) is 52.6. The number of nitrogens with zero attached hydrogens (tertiary/aromatic N) is 5. The number of cyclic esters (lactones) is 1. The maximum absolute atomic E-state index is 14.7. The van der Waals surface area contributed by atoms with E-state index in [2.05, 4.69) is 98.9 Å². The summed E-state index contributed by atoms with van der Waals surface area (Å²) in [6.45, 7) is 20.7. The number of phenols is 1. The van der Waals surface area contributed by atoms with E-state index in [0.717, 1.165) is 51.0 Å². The zero-order valence-electron chi connectivity index (χ0n) is 44.4. The van der Waals surface area contributed by atoms with Crippen molar-refractivity contribution in [3.8, 4) is 16.9 Å². The van der Waals surface area contributed by atoms with E-state index < -0.39 is 41.2 Å². The third-order valence-corrected chi connectivity index (χ3v) is 13.9. The van der Waals surface area contributed by atoms with Crippen LogP contribution in [-0.2, 0) is 52.8 Å². The SMILES string of the molecule is C=CC(=O)N1CC[C@H](C(=O)N(C)[C@H](C(=O)N/C=C2\Cc3cc(O)cc(c3)-c3ccc4c(c3)c(c(C(/C=C\C(=C/C)CN(C)C)=C(/C)COC)n4CC)CC(C)(C)COC(=O)[C@@H]3CCCN(N3)C2=O)C(C)C)C1. The second-order valence-corrected chi connectivity index (χ2v) is 20.9. The number of benzene rings is 2. The molecule has 72 heavy (non-hydrogen) atoms. The van der Waals surface area contributed by atoms with Crippen molar-refractivity contribution in [2.45, 2.75) is 99.2 Å². The second-order valence-electron chi connectivity index (χ2n) is 20.9. The number of nitrogens with one attached hydrogen (secondary N) is 2. The van der Waals surface area contributed by atoms with Gasteiger partial charge in [-0.2, -0.15) is 0 Å². The van der Waals surface area contributed by atoms with Gasteiger partial charge in [0, 0.05) is 81.4 Å². The Morgan fingerprint density at radius 1 is 1.06 bits per heavy atom. The number of hydrogen-bond acceptors (Lipinski definition) is 10. The first kappa shape index (κ1) is 55.0. The fourth-order valence-electron chi connectivity index (χ4n) is 10.3. The van der Waals surface area contributed by atoms with Crippen LogP contribution in [0.2, 0.25) is 0 Å². The van der Waals surface area contributed by atoms with E-state index >= 15 is 0 Å². The molecule has 4 heterocycles. The molecule has 388 valence electrons. The van der Waals surface area contributed by atoms with E-state index in [0.29, 0.717) is 57.5 Å². The normalized spacial score (nSPS) is 20.2. The number of carbonyl (C=O) groups is 5. The Hall–Kier alpha value is -6.29. The Balaban J connectivity index is 1.46. The smallest absolute Gasteiger partial charge is 0.324 e. The van der Waals surface area contributed by atoms with Crippen LogP contribution in [0.1, 0.15) is 84.5 Å². The molecule has 3 aromatic rings. The van der Waals surface area contributed by atoms with Gasteiger partial charge in [-0.3, -0.25) is 29.0 Å². The first-order valence-electron chi connectivity index (χ1n) is 25.3. The number of aryl methyl sites for hydroxylation is 1. The first-order chi connectivity index (χ1) is 34.2. The second kappa shape index (κ2) is 24.0. The van der Waals surface area contributed by atoms with E-state index in [-0.39, 0.29) is 48.6 Å². The summed E-state index contributed by atoms with van der Waals surface area (Å²) in [5, 5.41) is 16.7. The molecule has 0 radical (unpaired) electrons. The summed E-state index contributed by atoms with van der Waals surface area (Å²) in [5.41, 5.74) is 11.4. The molecule has 6 rings (SSSR count). The van der Waals surface area contributed by atoms with Crippen molar-refractivity contribution in [2.24, 2.45) is 17.3 Å². The monoisotopic (exact) mass is 988 g/mol. The molecule has 0 saturated carbocycles. The van der Waals surface area contributed by atoms with Crippen LogP contribution in [0.25, 0.3) is 27.6 Å². The average Bonchev–Trinajstić information content (AvgIpc) is 3.96. The lowest BCUT2D eigenvalue weighted by atomic mass is 9.83. The fraction of sp³-hybridized carbons (Fsp3) is 0.491. The molecular formula is C57H77N7O8. The molecule has 3 N–H and O–H groups in total. The minimum absolute atomic E-state index is 0.00301. The highest BCUT2D eigenvalue weighted by Gasteiger charge is 2.38. The maximum Gasteiger partial charge on any atom is 0.324 e. The van der Waals surface area contributed by atoms with E-state index in [1.54, 1.807) is 31.2 Å². The number of amides is 4. The van der Waals surface area contributed by atoms with E-state index in [9.17, 15) is 29.1 Å². The predicted molar refractivity (Wildman–Crippen MR) is 283 cm³/mol. The van der Waals surface area contributed by atoms with Gasteiger partial charge in [0.2, 0.25) is 17.7 Å². The number of ether oxygens (including phenoxy) is 2. The number of hydrogen-bond donors (Lipinski definition) is 3. The van der Waals surface area contributed by atoms with Crippen LogP contribution in [0.15, 0.2) is 90.2 Å². The summed E-state index contributed by atoms with van der Waals surface area (Å²) in [5.74, 6) is -2.71. The van der Waals surface area contributed by atoms with Gasteiger partial charge in [0.1, 0.15) is 17.8 Å². The first-order valence-corrected chi connectivity index (χ1v) is 25.3. The number of esters is 1. The number of fused-ring (bicyclic) bond motifs is 6. The number of likely N-dealkylation sites (tertiary alicyclic amines) is 1. The number of methoxy groups -OCH3 is 1. The molecule has 2 fully saturated rings. The number of aromatic hydroxyl groups is 1. The molecule has 3 aliphatic rings. The molecule has 15 nitrogen and oxygen atoms in total. The van der Waals surface area contributed by atoms with E-state index in [4.69, 9.17) is 9.47 Å². The Kier molecular flexibility index (Phi) is 18.3. The van der Waals surface area contributed by atoms with Gasteiger partial charge >= 0.3 is 5.97 Å². The zero-order valence-corrected chi connectivity index (χ0v) is 44.4. The summed E-state index contributed by atoms with van der Waals surface area (Å²) in [7, 11) is 7.40. The van der Waals surface area contributed by atoms with Crippen molar-refractivity contribution < 1.29 is 38.6 Å². The number of aromatic nitrogens is 1. The highest BCUT2D eigenvalue weighted by Crippen LogP contribution is 2.40. The third-order valence-electron chi connectivity index (χ3n) is 13.9. The molecule has 15 heteroatoms. The maximum atomic E-state index is 14.7. The van der Waals surface area contributed by atoms with Crippen molar-refractivity contribution in [1.82, 2.24) is 35.0 Å². The van der Waals surface area contributed by atoms with E-state index in [1.165, 1.54) is 27.8 Å². The van der Waals surface area contributed by atoms with Gasteiger partial charge in [0.05, 0.1) is 24.8 Å². The highest BCUT2D eigenvalue weighted by molar-refractivity contribution is 5.97. The van der Waals surface area contributed by atoms with Gasteiger partial charge in [-0.15, -0.1) is 0 Å². The largest absolute Gasteiger partial charge is 0.508 e. The van der Waals surface area contributed by atoms with Crippen molar-refractivity contribution in [2.75, 3.05) is 67.6 Å². The lowest BCUT2D eigenvalue weighted by Gasteiger charge is -2.34. The van der Waals surface area contributed by atoms with Crippen LogP contribution >= 0.6 is 0 Å². The Labute approximate surface area is 426 Å². The van der Waals surface area contributed by atoms with Crippen LogP contribution < -0.4 is 10.7 Å². The Morgan fingerprint density at radius 3 is 2.47 bits per heavy atom. The third kappa shape index (κ3) is 12.8. The van der Waals surface area contributed by atoms with Gasteiger partial charge in [0.15, 0.2) is 0 Å². The molecule has 3 aliphatic heterocycles. The van der Waals surface area contributed by atoms with Crippen molar-refractivity contribution in [3.63, 3.8) is 0 Å². The topological polar surface area (TPSA) is 166 Å². The van der Waals surface area contributed by atoms with Gasteiger partial charge in [-0.05, 0) is 136 Å². The molecule has 0 spiro atoms. The van der Waals surface area contributed by atoms with Crippen LogP contribution in [0.4, 0.5) is 0 Å². The number of hydrazine groups is 1. The van der Waals surface area contributed by atoms with E-state index in [1.807, 2.05) is 32.9 Å². The molecule has 2 saturated heterocycles. The van der Waals surface area contributed by atoms with Crippen LogP contribution in [0, 0.1) is 17.3 Å². The fourth-order valence-corrected chi connectivity index (χ4v) is 10.3. The summed E-state index contributed by atoms with van der Waals surface area (Å²) >= 11 is 0. The number of carbonyl (C=O) groups excluding carboxylic acids is 5. The molecule has 6 bridgehead atoms. The number of likely N-dealkylation sites (N-methyl/N-ethyl adjacent to an activating group) is 2. The standard InChI is InChI=1S/C57H77N7O8/c1-13-38(32-60(9)10)18-20-45(37(6)34-71-12)52-47-30-57(7,8)35-72-56(70)48-17-16-23-64(59-48)55(69)43(26-39-25-42(28-44(65)27-39)40-19-21-49(46(47)29-40)63(52)15-3)31-58-53(67)51(36(4)5)61(11)54(68)41-22-24-62(33-41)50(66)14-2/h13-14,18-21,25,27-29,31,36,41,48,51,59,65H,2,15-17,22-24,26,30,32-35H2,1,3-12H3,(H,58,67)/b20-18-,38-13+,43-31+,45-37-/t41-,48-,51-/m0/s1. The Morgan fingerprint density at radius 2 is 1.81 bits per heavy atom. The van der Waals surface area contributed by atoms with Crippen molar-refractivity contribution in [1.29, 1.82) is 0 Å². The molecule has 0 aliphatic carbocycles. The summed E-state index contributed by atoms with van der Waals surface area (Å²) < 4.78 is 14.3. The summed E-state index contributed by atoms with van der Waals surface area (Å²) in [6, 6.07) is 9.88. The molecule has 1 aromatic heterocycles. The van der Waals surface area contributed by atoms with Gasteiger partial charge in [-0.1, -0.05) is 64.6 Å². The molecule has 2 aromatic carbocycles. The molecular weight excluding hydrogens is 911 g/mol. The van der Waals surface area contributed by atoms with Crippen LogP contribution in [-0.4, -0.2) is 139 Å². The molecule has 4 amide bonds. The van der Waals surface area contributed by atoms with Crippen LogP contribution in [0.5, 0.6) is 5.75 Å². The average molecular weight is 988 g/mol. The number of allylic oxidation sites excluding steroid dienone is 3. The highest BCUT2D eigenvalue weighted by atomic mass is 16.5. The predicted octanol–water partition coefficient (Wildman–Crippen LogP) is 7.20. The van der Waals surface area contributed by atoms with Gasteiger partial charge in [-0.25, -0.2) is 5.43 Å². The quantitative estimate of drug-likeness (QED) is 0.0855. The Bertz CT molecular complexity index is 2670. The number of phenolic OH excluding ortho intramolecular Hbond substituents is 1. The van der Waals surface area contributed by atoms with Crippen molar-refractivity contribution >= 4 is 46.1 Å². The lowest BCUT2D eigenvalue weighted by Crippen LogP contribution is -2.56. The minimum Gasteiger partial charge on any atom is -0.508 e. The molecule has 3 atom stereocenters. The minimum atomic E-state index is -0.903. The van der Waals surface area contributed by atoms with Gasteiger partial charge in [0.25, 0.3) is 5.91 Å². The van der Waals surface area contributed by atoms with Gasteiger partial charge < -0.3 is 39.2 Å². The van der Waals surface area contributed by atoms with Crippen LogP contribution in [0.3, 0.4) is 0 Å². The number of rotatable bonds is 14.